The predicted octanol–water partition coefficient (Wildman–Crippen LogP) is 4.00. The van der Waals surface area contributed by atoms with Gasteiger partial charge in [-0.05, 0) is 81.5 Å². The average Bonchev–Trinajstić information content (AvgIpc) is 2.35. The van der Waals surface area contributed by atoms with Crippen molar-refractivity contribution in [2.75, 3.05) is 0 Å². The Morgan fingerprint density at radius 2 is 1.50 bits per heavy atom. The lowest BCUT2D eigenvalue weighted by molar-refractivity contribution is -0.138. The van der Waals surface area contributed by atoms with Gasteiger partial charge in [0.25, 0.3) is 0 Å². The Morgan fingerprint density at radius 1 is 0.950 bits per heavy atom. The van der Waals surface area contributed by atoms with Crippen LogP contribution in [0.3, 0.4) is 0 Å². The van der Waals surface area contributed by atoms with Crippen LogP contribution in [0.15, 0.2) is 0 Å². The lowest BCUT2D eigenvalue weighted by atomic mass is 9.51. The molecule has 0 aromatic rings. The molecule has 0 aliphatic heterocycles. The second-order valence-corrected chi connectivity index (χ2v) is 8.34. The van der Waals surface area contributed by atoms with Gasteiger partial charge < -0.3 is 5.32 Å². The fourth-order valence-electron chi connectivity index (χ4n) is 5.35. The minimum atomic E-state index is 0.349. The van der Waals surface area contributed by atoms with Crippen LogP contribution in [-0.2, 0) is 4.79 Å². The average molecular weight is 277 g/mol. The van der Waals surface area contributed by atoms with E-state index in [1.807, 2.05) is 0 Å². The van der Waals surface area contributed by atoms with Gasteiger partial charge in [-0.25, -0.2) is 0 Å². The molecule has 2 nitrogen and oxygen atoms in total. The first kappa shape index (κ1) is 14.4. The minimum Gasteiger partial charge on any atom is -0.353 e. The number of hydrogen-bond acceptors (Lipinski definition) is 1. The van der Waals surface area contributed by atoms with Gasteiger partial charge in [-0.1, -0.05) is 13.8 Å². The highest BCUT2D eigenvalue weighted by Crippen LogP contribution is 2.56. The number of carbonyl (C=O) groups excluding carboxylic acids is 1. The predicted molar refractivity (Wildman–Crippen MR) is 82.2 cm³/mol. The number of hydrogen-bond donors (Lipinski definition) is 1. The highest BCUT2D eigenvalue weighted by atomic mass is 16.2. The van der Waals surface area contributed by atoms with Gasteiger partial charge in [0, 0.05) is 12.0 Å². The van der Waals surface area contributed by atoms with E-state index < -0.39 is 0 Å². The summed E-state index contributed by atoms with van der Waals surface area (Å²) in [7, 11) is 0. The molecule has 4 aliphatic rings. The van der Waals surface area contributed by atoms with E-state index >= 15 is 0 Å². The summed E-state index contributed by atoms with van der Waals surface area (Å²) in [6.07, 6.45) is 9.15. The van der Waals surface area contributed by atoms with Crippen molar-refractivity contribution in [2.45, 2.75) is 71.8 Å². The van der Waals surface area contributed by atoms with Crippen LogP contribution in [0.1, 0.15) is 65.7 Å². The van der Waals surface area contributed by atoms with Gasteiger partial charge in [0.1, 0.15) is 0 Å². The topological polar surface area (TPSA) is 29.1 Å². The Hall–Kier alpha value is -0.530. The van der Waals surface area contributed by atoms with Crippen LogP contribution in [0, 0.1) is 35.5 Å². The molecule has 4 aliphatic carbocycles. The summed E-state index contributed by atoms with van der Waals surface area (Å²) in [6, 6.07) is 0.349. The molecule has 1 amide bonds. The number of amides is 1. The molecule has 2 heteroatoms. The first-order valence-corrected chi connectivity index (χ1v) is 8.83. The van der Waals surface area contributed by atoms with Crippen molar-refractivity contribution in [3.05, 3.63) is 0 Å². The van der Waals surface area contributed by atoms with Crippen LogP contribution in [0.25, 0.3) is 0 Å². The zero-order chi connectivity index (χ0) is 14.3. The van der Waals surface area contributed by atoms with Crippen molar-refractivity contribution >= 4 is 5.91 Å². The molecule has 20 heavy (non-hydrogen) atoms. The maximum atomic E-state index is 12.7. The fourth-order valence-corrected chi connectivity index (χ4v) is 5.35. The number of rotatable bonds is 5. The van der Waals surface area contributed by atoms with Crippen LogP contribution >= 0.6 is 0 Å². The SMILES string of the molecule is CC(C)CCC(C)NC(=O)C1C2CC3CC(C2)CC1C3. The Labute approximate surface area is 124 Å². The molecule has 1 unspecified atom stereocenters. The smallest absolute Gasteiger partial charge is 0.223 e. The highest BCUT2D eigenvalue weighted by Gasteiger charge is 2.50. The molecule has 1 N–H and O–H groups in total. The fraction of sp³-hybridized carbons (Fsp3) is 0.944. The molecule has 4 rings (SSSR count). The lowest BCUT2D eigenvalue weighted by Gasteiger charge is -2.53. The van der Waals surface area contributed by atoms with Crippen molar-refractivity contribution in [2.24, 2.45) is 35.5 Å². The Balaban J connectivity index is 1.55. The van der Waals surface area contributed by atoms with Crippen molar-refractivity contribution < 1.29 is 4.79 Å². The molecule has 4 fully saturated rings. The molecule has 0 aromatic carbocycles. The molecular formula is C18H31NO. The van der Waals surface area contributed by atoms with E-state index in [1.165, 1.54) is 38.5 Å². The van der Waals surface area contributed by atoms with Crippen LogP contribution in [0.5, 0.6) is 0 Å². The normalized spacial score (nSPS) is 40.1. The number of carbonyl (C=O) groups is 1. The molecule has 0 heterocycles. The maximum absolute atomic E-state index is 12.7. The molecule has 4 bridgehead atoms. The third-order valence-corrected chi connectivity index (χ3v) is 6.10. The summed E-state index contributed by atoms with van der Waals surface area (Å²) >= 11 is 0. The van der Waals surface area contributed by atoms with Crippen molar-refractivity contribution in [3.63, 3.8) is 0 Å². The first-order chi connectivity index (χ1) is 9.52. The second kappa shape index (κ2) is 5.69. The van der Waals surface area contributed by atoms with Gasteiger partial charge >= 0.3 is 0 Å². The first-order valence-electron chi connectivity index (χ1n) is 8.83. The molecular weight excluding hydrogens is 246 g/mol. The second-order valence-electron chi connectivity index (χ2n) is 8.34. The van der Waals surface area contributed by atoms with E-state index in [0.29, 0.717) is 29.7 Å². The van der Waals surface area contributed by atoms with E-state index in [-0.39, 0.29) is 0 Å². The molecule has 1 atom stereocenters. The molecule has 114 valence electrons. The molecule has 0 saturated heterocycles. The summed E-state index contributed by atoms with van der Waals surface area (Å²) in [5, 5.41) is 3.32. The van der Waals surface area contributed by atoms with E-state index in [0.717, 1.165) is 24.2 Å². The van der Waals surface area contributed by atoms with Gasteiger partial charge in [-0.3, -0.25) is 4.79 Å². The quantitative estimate of drug-likeness (QED) is 0.808. The summed E-state index contributed by atoms with van der Waals surface area (Å²) in [5.41, 5.74) is 0. The minimum absolute atomic E-state index is 0.349. The van der Waals surface area contributed by atoms with E-state index in [1.54, 1.807) is 0 Å². The maximum Gasteiger partial charge on any atom is 0.223 e. The molecule has 0 radical (unpaired) electrons. The standard InChI is InChI=1S/C18H31NO/c1-11(2)4-5-12(3)19-18(20)17-15-7-13-6-14(9-15)10-16(17)8-13/h11-17H,4-10H2,1-3H3,(H,19,20). The molecule has 0 spiro atoms. The van der Waals surface area contributed by atoms with Crippen molar-refractivity contribution in [1.82, 2.24) is 5.32 Å². The van der Waals surface area contributed by atoms with E-state index in [2.05, 4.69) is 26.1 Å². The van der Waals surface area contributed by atoms with Gasteiger partial charge in [0.2, 0.25) is 5.91 Å². The van der Waals surface area contributed by atoms with E-state index in [4.69, 9.17) is 0 Å². The van der Waals surface area contributed by atoms with Crippen LogP contribution in [0.4, 0.5) is 0 Å². The zero-order valence-electron chi connectivity index (χ0n) is 13.4. The largest absolute Gasteiger partial charge is 0.353 e. The van der Waals surface area contributed by atoms with Crippen LogP contribution < -0.4 is 5.32 Å². The lowest BCUT2D eigenvalue weighted by Crippen LogP contribution is -2.52. The zero-order valence-corrected chi connectivity index (χ0v) is 13.4. The summed E-state index contributed by atoms with van der Waals surface area (Å²) < 4.78 is 0. The summed E-state index contributed by atoms with van der Waals surface area (Å²) in [4.78, 5) is 12.7. The monoisotopic (exact) mass is 277 g/mol. The van der Waals surface area contributed by atoms with Crippen LogP contribution in [-0.4, -0.2) is 11.9 Å². The van der Waals surface area contributed by atoms with Gasteiger partial charge in [0.05, 0.1) is 0 Å². The Bertz CT molecular complexity index is 334. The third-order valence-electron chi connectivity index (χ3n) is 6.10. The summed E-state index contributed by atoms with van der Waals surface area (Å²) in [6.45, 7) is 6.69. The van der Waals surface area contributed by atoms with Gasteiger partial charge in [-0.15, -0.1) is 0 Å². The number of nitrogens with one attached hydrogen (secondary N) is 1. The highest BCUT2D eigenvalue weighted by molar-refractivity contribution is 5.80. The van der Waals surface area contributed by atoms with Crippen LogP contribution in [0.2, 0.25) is 0 Å². The van der Waals surface area contributed by atoms with Crippen molar-refractivity contribution in [3.8, 4) is 0 Å². The molecule has 0 aromatic heterocycles. The van der Waals surface area contributed by atoms with E-state index in [9.17, 15) is 4.79 Å². The Morgan fingerprint density at radius 3 is 2.00 bits per heavy atom. The Kier molecular flexibility index (Phi) is 4.10. The van der Waals surface area contributed by atoms with Crippen molar-refractivity contribution in [1.29, 1.82) is 0 Å². The van der Waals surface area contributed by atoms with Gasteiger partial charge in [0.15, 0.2) is 0 Å². The molecule has 4 saturated carbocycles. The van der Waals surface area contributed by atoms with Gasteiger partial charge in [-0.2, -0.15) is 0 Å². The third kappa shape index (κ3) is 2.89. The summed E-state index contributed by atoms with van der Waals surface area (Å²) in [5.74, 6) is 4.81.